The van der Waals surface area contributed by atoms with E-state index in [4.69, 9.17) is 28.7 Å². The SMILES string of the molecule is CCCCC(NC(C)=O)C(=O)NC1CCC(=O)NCCC(C(=O)NC(C=O)(CN)Cc2c[nH]c3ccccc23)NC(=O)C(CCCN=C(N)N)NC(=O)C(Cc2ccccc2)NC(=O)C(CCCN=C(N)N)NC1=O. The zero-order chi connectivity index (χ0) is 54.9. The van der Waals surface area contributed by atoms with E-state index in [2.05, 4.69) is 57.5 Å². The number of nitrogens with one attached hydrogen (secondary N) is 9. The summed E-state index contributed by atoms with van der Waals surface area (Å²) < 4.78 is 0. The van der Waals surface area contributed by atoms with E-state index in [-0.39, 0.29) is 102 Å². The Bertz CT molecular complexity index is 2490. The van der Waals surface area contributed by atoms with Crippen LogP contribution < -0.4 is 71.2 Å². The molecule has 25 nitrogen and oxygen atoms in total. The molecule has 1 aliphatic rings. The Morgan fingerprint density at radius 1 is 0.787 bits per heavy atom. The summed E-state index contributed by atoms with van der Waals surface area (Å²) in [5, 5.41) is 22.3. The number of fused-ring (bicyclic) bond motifs is 1. The summed E-state index contributed by atoms with van der Waals surface area (Å²) in [5.41, 5.74) is 28.8. The zero-order valence-electron chi connectivity index (χ0n) is 42.6. The van der Waals surface area contributed by atoms with Crippen LogP contribution in [-0.2, 0) is 56.0 Å². The molecule has 7 atom stereocenters. The van der Waals surface area contributed by atoms with Crippen LogP contribution in [0, 0.1) is 0 Å². The second-order valence-corrected chi connectivity index (χ2v) is 18.5. The van der Waals surface area contributed by atoms with Gasteiger partial charge in [-0.15, -0.1) is 0 Å². The molecule has 1 aromatic heterocycles. The van der Waals surface area contributed by atoms with E-state index in [9.17, 15) is 43.2 Å². The third-order valence-corrected chi connectivity index (χ3v) is 12.4. The first-order valence-corrected chi connectivity index (χ1v) is 25.1. The number of unbranched alkanes of at least 4 members (excludes halogenated alkanes) is 1. The van der Waals surface area contributed by atoms with E-state index in [0.29, 0.717) is 30.3 Å². The molecule has 19 N–H and O–H groups in total. The number of aliphatic imine (C=N–C) groups is 2. The number of carbonyl (C=O) groups is 9. The van der Waals surface area contributed by atoms with Gasteiger partial charge in [0.1, 0.15) is 48.1 Å². The number of aromatic nitrogens is 1. The Morgan fingerprint density at radius 3 is 2.00 bits per heavy atom. The topological polar surface area (TPSA) is 420 Å². The Balaban J connectivity index is 1.78. The minimum Gasteiger partial charge on any atom is -0.370 e. The van der Waals surface area contributed by atoms with Crippen LogP contribution in [0.2, 0.25) is 0 Å². The van der Waals surface area contributed by atoms with Gasteiger partial charge >= 0.3 is 0 Å². The summed E-state index contributed by atoms with van der Waals surface area (Å²) in [6, 6.07) is 7.92. The van der Waals surface area contributed by atoms with Crippen LogP contribution in [0.3, 0.4) is 0 Å². The van der Waals surface area contributed by atoms with Crippen LogP contribution in [0.15, 0.2) is 70.8 Å². The molecule has 7 unspecified atom stereocenters. The number of nitrogens with zero attached hydrogens (tertiary/aromatic N) is 2. The molecule has 75 heavy (non-hydrogen) atoms. The molecule has 0 radical (unpaired) electrons. The molecule has 0 saturated carbocycles. The van der Waals surface area contributed by atoms with Crippen LogP contribution in [-0.4, -0.2) is 138 Å². The number of H-pyrrole nitrogens is 1. The fourth-order valence-corrected chi connectivity index (χ4v) is 8.38. The molecule has 4 rings (SSSR count). The van der Waals surface area contributed by atoms with E-state index >= 15 is 0 Å². The quantitative estimate of drug-likeness (QED) is 0.0214. The first kappa shape index (κ1) is 59.5. The molecule has 2 heterocycles. The number of guanidine groups is 2. The van der Waals surface area contributed by atoms with Crippen LogP contribution >= 0.6 is 0 Å². The molecular weight excluding hydrogens is 969 g/mol. The van der Waals surface area contributed by atoms with Gasteiger partial charge in [-0.1, -0.05) is 68.3 Å². The van der Waals surface area contributed by atoms with Gasteiger partial charge in [0.15, 0.2) is 11.9 Å². The number of aldehydes is 1. The lowest BCUT2D eigenvalue weighted by Crippen LogP contribution is -2.62. The maximum absolute atomic E-state index is 14.6. The molecule has 0 bridgehead atoms. The minimum atomic E-state index is -1.67. The van der Waals surface area contributed by atoms with Crippen LogP contribution in [0.1, 0.15) is 89.2 Å². The Kier molecular flexibility index (Phi) is 23.9. The Hall–Kier alpha value is -8.09. The molecule has 0 aliphatic carbocycles. The number of aromatic amines is 1. The number of amides is 8. The van der Waals surface area contributed by atoms with E-state index in [1.54, 1.807) is 36.5 Å². The van der Waals surface area contributed by atoms with Gasteiger partial charge < -0.3 is 81.0 Å². The smallest absolute Gasteiger partial charge is 0.243 e. The van der Waals surface area contributed by atoms with Crippen molar-refractivity contribution in [1.82, 2.24) is 47.5 Å². The predicted molar refractivity (Wildman–Crippen MR) is 282 cm³/mol. The van der Waals surface area contributed by atoms with Crippen molar-refractivity contribution >= 4 is 76.4 Å². The van der Waals surface area contributed by atoms with Crippen molar-refractivity contribution in [3.8, 4) is 0 Å². The predicted octanol–water partition coefficient (Wildman–Crippen LogP) is -2.51. The van der Waals surface area contributed by atoms with Crippen molar-refractivity contribution in [3.05, 3.63) is 71.9 Å². The monoisotopic (exact) mass is 1040 g/mol. The number of carbonyl (C=O) groups excluding carboxylic acids is 9. The fraction of sp³-hybridized carbons (Fsp3) is 0.500. The van der Waals surface area contributed by atoms with Crippen molar-refractivity contribution in [2.45, 2.75) is 133 Å². The number of rotatable bonds is 22. The third-order valence-electron chi connectivity index (χ3n) is 12.4. The van der Waals surface area contributed by atoms with Gasteiger partial charge in [0.05, 0.1) is 0 Å². The molecule has 8 amide bonds. The average Bonchev–Trinajstić information content (AvgIpc) is 3.78. The van der Waals surface area contributed by atoms with Gasteiger partial charge in [0.2, 0.25) is 47.3 Å². The van der Waals surface area contributed by atoms with Crippen molar-refractivity contribution in [2.24, 2.45) is 38.7 Å². The molecule has 3 aromatic rings. The fourth-order valence-electron chi connectivity index (χ4n) is 8.38. The van der Waals surface area contributed by atoms with Crippen LogP contribution in [0.5, 0.6) is 0 Å². The van der Waals surface area contributed by atoms with Crippen LogP contribution in [0.25, 0.3) is 10.9 Å². The van der Waals surface area contributed by atoms with Crippen molar-refractivity contribution in [2.75, 3.05) is 26.2 Å². The molecule has 1 fully saturated rings. The summed E-state index contributed by atoms with van der Waals surface area (Å²) in [5.74, 6) is -6.46. The van der Waals surface area contributed by atoms with E-state index in [0.717, 1.165) is 10.9 Å². The largest absolute Gasteiger partial charge is 0.370 e. The molecule has 2 aromatic carbocycles. The highest BCUT2D eigenvalue weighted by atomic mass is 16.2. The lowest BCUT2D eigenvalue weighted by Gasteiger charge is -2.31. The van der Waals surface area contributed by atoms with Crippen LogP contribution in [0.4, 0.5) is 0 Å². The number of hydrogen-bond donors (Lipinski definition) is 14. The van der Waals surface area contributed by atoms with Crippen molar-refractivity contribution in [1.29, 1.82) is 0 Å². The summed E-state index contributed by atoms with van der Waals surface area (Å²) in [6.07, 6.45) is 2.79. The molecule has 25 heteroatoms. The number of nitrogens with two attached hydrogens (primary N) is 5. The summed E-state index contributed by atoms with van der Waals surface area (Å²) in [6.45, 7) is 2.66. The molecular formula is C50H74N16O9. The normalized spacial score (nSPS) is 20.3. The average molecular weight is 1040 g/mol. The van der Waals surface area contributed by atoms with E-state index in [1.165, 1.54) is 6.92 Å². The number of hydrogen-bond acceptors (Lipinski definition) is 12. The number of para-hydroxylation sites is 1. The number of benzene rings is 2. The van der Waals surface area contributed by atoms with Gasteiger partial charge in [0.25, 0.3) is 0 Å². The second kappa shape index (κ2) is 30.2. The first-order valence-electron chi connectivity index (χ1n) is 25.1. The molecule has 408 valence electrons. The first-order chi connectivity index (χ1) is 35.9. The van der Waals surface area contributed by atoms with E-state index in [1.807, 2.05) is 31.2 Å². The van der Waals surface area contributed by atoms with E-state index < -0.39 is 89.0 Å². The maximum atomic E-state index is 14.6. The van der Waals surface area contributed by atoms with Gasteiger partial charge in [-0.25, -0.2) is 0 Å². The van der Waals surface area contributed by atoms with Crippen molar-refractivity contribution < 1.29 is 43.2 Å². The third kappa shape index (κ3) is 19.7. The van der Waals surface area contributed by atoms with Gasteiger partial charge in [-0.05, 0) is 62.1 Å². The highest BCUT2D eigenvalue weighted by Crippen LogP contribution is 2.22. The van der Waals surface area contributed by atoms with Gasteiger partial charge in [-0.3, -0.25) is 48.3 Å². The summed E-state index contributed by atoms with van der Waals surface area (Å²) in [7, 11) is 0. The zero-order valence-corrected chi connectivity index (χ0v) is 42.6. The minimum absolute atomic E-state index is 0.0370. The highest BCUT2D eigenvalue weighted by molar-refractivity contribution is 5.98. The summed E-state index contributed by atoms with van der Waals surface area (Å²) in [4.78, 5) is 136. The van der Waals surface area contributed by atoms with Gasteiger partial charge in [0, 0.05) is 69.5 Å². The lowest BCUT2D eigenvalue weighted by atomic mass is 9.91. The summed E-state index contributed by atoms with van der Waals surface area (Å²) >= 11 is 0. The van der Waals surface area contributed by atoms with Gasteiger partial charge in [-0.2, -0.15) is 0 Å². The Morgan fingerprint density at radius 2 is 1.39 bits per heavy atom. The molecule has 1 aliphatic heterocycles. The lowest BCUT2D eigenvalue weighted by molar-refractivity contribution is -0.136. The standard InChI is InChI=1S/C50H74N16O9/c1-3-4-15-35(60-30(2)68)42(70)63-38-19-20-41(69)56-24-21-39(47(75)66-50(28-51,29-67)26-32-27-59-34-16-9-8-14-33(32)34)64-43(71)36(17-10-22-57-48(52)53)62-46(74)40(25-31-12-6-5-7-13-31)65-44(72)37(61-45(38)73)18-11-23-58-49(54)55/h5-9,12-14,16,27,29,35-40,59H,3-4,10-11,15,17-26,28,51H2,1-2H3,(H,56,69)(H,60,68)(H,61,73)(H,62,74)(H,63,70)(H,64,71)(H,65,72)(H,66,75)(H4,52,53,57)(H4,54,55,58). The Labute approximate surface area is 435 Å². The maximum Gasteiger partial charge on any atom is 0.243 e. The molecule has 0 spiro atoms. The molecule has 1 saturated heterocycles. The second-order valence-electron chi connectivity index (χ2n) is 18.5. The van der Waals surface area contributed by atoms with Crippen molar-refractivity contribution in [3.63, 3.8) is 0 Å². The highest BCUT2D eigenvalue weighted by Gasteiger charge is 2.37.